The van der Waals surface area contributed by atoms with Gasteiger partial charge in [0.25, 0.3) is 0 Å². The van der Waals surface area contributed by atoms with E-state index >= 15 is 0 Å². The molecule has 1 atom stereocenters. The van der Waals surface area contributed by atoms with Gasteiger partial charge in [0, 0.05) is 32.1 Å². The van der Waals surface area contributed by atoms with E-state index in [1.165, 1.54) is 0 Å². The molecule has 5 nitrogen and oxygen atoms in total. The number of morpholine rings is 1. The van der Waals surface area contributed by atoms with Crippen molar-refractivity contribution in [3.05, 3.63) is 0 Å². The van der Waals surface area contributed by atoms with E-state index in [0.29, 0.717) is 39.3 Å². The lowest BCUT2D eigenvalue weighted by Crippen LogP contribution is -2.46. The molecule has 0 aromatic heterocycles. The number of ether oxygens (including phenoxy) is 1. The van der Waals surface area contributed by atoms with E-state index < -0.39 is 5.60 Å². The Morgan fingerprint density at radius 2 is 2.06 bits per heavy atom. The largest absolute Gasteiger partial charge is 0.389 e. The molecule has 0 aliphatic carbocycles. The molecule has 1 unspecified atom stereocenters. The fourth-order valence-corrected chi connectivity index (χ4v) is 1.62. The highest BCUT2D eigenvalue weighted by atomic mass is 16.5. The van der Waals surface area contributed by atoms with Crippen LogP contribution in [0.5, 0.6) is 0 Å². The highest BCUT2D eigenvalue weighted by Gasteiger charge is 2.22. The predicted octanol–water partition coefficient (Wildman–Crippen LogP) is -0.0157. The normalized spacial score (nSPS) is 19.2. The lowest BCUT2D eigenvalue weighted by atomic mass is 10.0. The summed E-state index contributed by atoms with van der Waals surface area (Å²) in [5, 5.41) is 12.9. The minimum absolute atomic E-state index is 0.0278. The molecule has 100 valence electrons. The maximum Gasteiger partial charge on any atom is 0.224 e. The lowest BCUT2D eigenvalue weighted by molar-refractivity contribution is -0.135. The lowest BCUT2D eigenvalue weighted by Gasteiger charge is -2.29. The van der Waals surface area contributed by atoms with Crippen molar-refractivity contribution in [3.63, 3.8) is 0 Å². The van der Waals surface area contributed by atoms with Gasteiger partial charge < -0.3 is 20.1 Å². The summed E-state index contributed by atoms with van der Waals surface area (Å²) in [5.74, 6) is 0.156. The molecule has 5 heteroatoms. The molecule has 0 aromatic carbocycles. The molecule has 1 rings (SSSR count). The number of carbonyl (C=O) groups is 1. The number of nitrogens with zero attached hydrogens (tertiary/aromatic N) is 1. The van der Waals surface area contributed by atoms with Crippen molar-refractivity contribution in [3.8, 4) is 0 Å². The standard InChI is InChI=1S/C12H24N2O3/c1-10(12(2,3)16)13-5-4-11(15)14-6-8-17-9-7-14/h10,13,16H,4-9H2,1-3H3. The second kappa shape index (κ2) is 6.33. The van der Waals surface area contributed by atoms with Crippen LogP contribution in [-0.4, -0.2) is 60.4 Å². The summed E-state index contributed by atoms with van der Waals surface area (Å²) in [7, 11) is 0. The number of amides is 1. The van der Waals surface area contributed by atoms with Crippen molar-refractivity contribution < 1.29 is 14.6 Å². The van der Waals surface area contributed by atoms with Crippen molar-refractivity contribution in [1.82, 2.24) is 10.2 Å². The summed E-state index contributed by atoms with van der Waals surface area (Å²) in [5.41, 5.74) is -0.762. The van der Waals surface area contributed by atoms with Crippen LogP contribution in [0.1, 0.15) is 27.2 Å². The summed E-state index contributed by atoms with van der Waals surface area (Å²) < 4.78 is 5.19. The zero-order valence-corrected chi connectivity index (χ0v) is 11.0. The monoisotopic (exact) mass is 244 g/mol. The molecule has 1 aliphatic rings. The first-order valence-corrected chi connectivity index (χ1v) is 6.22. The zero-order valence-electron chi connectivity index (χ0n) is 11.0. The van der Waals surface area contributed by atoms with Gasteiger partial charge in [-0.15, -0.1) is 0 Å². The molecule has 1 aliphatic heterocycles. The maximum absolute atomic E-state index is 11.8. The molecule has 0 bridgehead atoms. The molecule has 1 saturated heterocycles. The quantitative estimate of drug-likeness (QED) is 0.714. The van der Waals surface area contributed by atoms with Crippen molar-refractivity contribution in [2.45, 2.75) is 38.8 Å². The molecule has 1 heterocycles. The molecule has 0 spiro atoms. The Hall–Kier alpha value is -0.650. The first-order chi connectivity index (χ1) is 7.91. The summed E-state index contributed by atoms with van der Waals surface area (Å²) in [6, 6.07) is -0.0278. The van der Waals surface area contributed by atoms with E-state index in [2.05, 4.69) is 5.32 Å². The van der Waals surface area contributed by atoms with E-state index in [1.807, 2.05) is 11.8 Å². The fraction of sp³-hybridized carbons (Fsp3) is 0.917. The number of hydrogen-bond acceptors (Lipinski definition) is 4. The average molecular weight is 244 g/mol. The van der Waals surface area contributed by atoms with Crippen LogP contribution >= 0.6 is 0 Å². The molecule has 0 saturated carbocycles. The second-order valence-corrected chi connectivity index (χ2v) is 5.07. The van der Waals surface area contributed by atoms with Gasteiger partial charge in [-0.25, -0.2) is 0 Å². The minimum atomic E-state index is -0.762. The van der Waals surface area contributed by atoms with Gasteiger partial charge in [-0.2, -0.15) is 0 Å². The predicted molar refractivity (Wildman–Crippen MR) is 65.8 cm³/mol. The Kier molecular flexibility index (Phi) is 5.36. The van der Waals surface area contributed by atoms with Crippen LogP contribution in [0, 0.1) is 0 Å². The first-order valence-electron chi connectivity index (χ1n) is 6.22. The van der Waals surface area contributed by atoms with E-state index in [0.717, 1.165) is 0 Å². The summed E-state index contributed by atoms with van der Waals surface area (Å²) in [4.78, 5) is 13.6. The Morgan fingerprint density at radius 1 is 1.47 bits per heavy atom. The van der Waals surface area contributed by atoms with E-state index in [4.69, 9.17) is 4.74 Å². The smallest absolute Gasteiger partial charge is 0.224 e. The van der Waals surface area contributed by atoms with Gasteiger partial charge in [0.15, 0.2) is 0 Å². The SMILES string of the molecule is CC(NCCC(=O)N1CCOCC1)C(C)(C)O. The van der Waals surface area contributed by atoms with Gasteiger partial charge in [-0.1, -0.05) is 0 Å². The van der Waals surface area contributed by atoms with Crippen LogP contribution in [-0.2, 0) is 9.53 Å². The van der Waals surface area contributed by atoms with Gasteiger partial charge in [0.2, 0.25) is 5.91 Å². The van der Waals surface area contributed by atoms with Crippen LogP contribution in [0.4, 0.5) is 0 Å². The molecule has 2 N–H and O–H groups in total. The molecule has 0 radical (unpaired) electrons. The van der Waals surface area contributed by atoms with E-state index in [1.54, 1.807) is 13.8 Å². The Morgan fingerprint density at radius 3 is 2.59 bits per heavy atom. The minimum Gasteiger partial charge on any atom is -0.389 e. The molecular weight excluding hydrogens is 220 g/mol. The van der Waals surface area contributed by atoms with Gasteiger partial charge >= 0.3 is 0 Å². The van der Waals surface area contributed by atoms with Gasteiger partial charge in [-0.3, -0.25) is 4.79 Å². The third-order valence-electron chi connectivity index (χ3n) is 3.21. The Labute approximate surface area is 103 Å². The van der Waals surface area contributed by atoms with Crippen molar-refractivity contribution in [2.24, 2.45) is 0 Å². The Balaban J connectivity index is 2.19. The topological polar surface area (TPSA) is 61.8 Å². The zero-order chi connectivity index (χ0) is 12.9. The van der Waals surface area contributed by atoms with Crippen molar-refractivity contribution >= 4 is 5.91 Å². The number of rotatable bonds is 5. The van der Waals surface area contributed by atoms with Crippen LogP contribution in [0.25, 0.3) is 0 Å². The van der Waals surface area contributed by atoms with Gasteiger partial charge in [-0.05, 0) is 20.8 Å². The number of hydrogen-bond donors (Lipinski definition) is 2. The van der Waals surface area contributed by atoms with Crippen molar-refractivity contribution in [1.29, 1.82) is 0 Å². The van der Waals surface area contributed by atoms with Crippen LogP contribution in [0.15, 0.2) is 0 Å². The molecule has 17 heavy (non-hydrogen) atoms. The second-order valence-electron chi connectivity index (χ2n) is 5.07. The van der Waals surface area contributed by atoms with E-state index in [-0.39, 0.29) is 11.9 Å². The summed E-state index contributed by atoms with van der Waals surface area (Å²) in [6.45, 7) is 8.70. The average Bonchev–Trinajstić information content (AvgIpc) is 2.28. The number of aliphatic hydroxyl groups is 1. The van der Waals surface area contributed by atoms with Gasteiger partial charge in [0.05, 0.1) is 18.8 Å². The fourth-order valence-electron chi connectivity index (χ4n) is 1.62. The Bertz CT molecular complexity index is 245. The first kappa shape index (κ1) is 14.4. The number of nitrogens with one attached hydrogen (secondary N) is 1. The third kappa shape index (κ3) is 5.02. The molecular formula is C12H24N2O3. The van der Waals surface area contributed by atoms with Crippen LogP contribution in [0.3, 0.4) is 0 Å². The summed E-state index contributed by atoms with van der Waals surface area (Å²) in [6.07, 6.45) is 0.473. The highest BCUT2D eigenvalue weighted by molar-refractivity contribution is 5.76. The molecule has 0 aromatic rings. The molecule has 1 fully saturated rings. The van der Waals surface area contributed by atoms with E-state index in [9.17, 15) is 9.90 Å². The van der Waals surface area contributed by atoms with Crippen molar-refractivity contribution in [2.75, 3.05) is 32.8 Å². The number of carbonyl (C=O) groups excluding carboxylic acids is 1. The summed E-state index contributed by atoms with van der Waals surface area (Å²) >= 11 is 0. The van der Waals surface area contributed by atoms with Crippen LogP contribution in [0.2, 0.25) is 0 Å². The van der Waals surface area contributed by atoms with Gasteiger partial charge in [0.1, 0.15) is 0 Å². The maximum atomic E-state index is 11.8. The third-order valence-corrected chi connectivity index (χ3v) is 3.21. The highest BCUT2D eigenvalue weighted by Crippen LogP contribution is 2.07. The van der Waals surface area contributed by atoms with Crippen LogP contribution < -0.4 is 5.32 Å². The molecule has 1 amide bonds.